The van der Waals surface area contributed by atoms with Crippen LogP contribution in [0.1, 0.15) is 29.7 Å². The molecule has 4 rings (SSSR count). The molecule has 2 aromatic rings. The van der Waals surface area contributed by atoms with Crippen LogP contribution in [-0.4, -0.2) is 30.9 Å². The van der Waals surface area contributed by atoms with Crippen molar-refractivity contribution in [3.63, 3.8) is 0 Å². The third-order valence-electron chi connectivity index (χ3n) is 5.22. The second-order valence-electron chi connectivity index (χ2n) is 7.22. The smallest absolute Gasteiger partial charge is 0.335 e. The summed E-state index contributed by atoms with van der Waals surface area (Å²) in [7, 11) is 0. The lowest BCUT2D eigenvalue weighted by Gasteiger charge is -2.26. The number of furan rings is 1. The summed E-state index contributed by atoms with van der Waals surface area (Å²) in [5.41, 5.74) is 2.24. The average molecular weight is 458 g/mol. The first-order chi connectivity index (χ1) is 13.8. The number of urea groups is 1. The molecule has 2 saturated heterocycles. The summed E-state index contributed by atoms with van der Waals surface area (Å²) in [6.07, 6.45) is 3.57. The van der Waals surface area contributed by atoms with Crippen LogP contribution in [0.3, 0.4) is 0 Å². The van der Waals surface area contributed by atoms with Gasteiger partial charge in [0.15, 0.2) is 0 Å². The van der Waals surface area contributed by atoms with Gasteiger partial charge in [-0.15, -0.1) is 0 Å². The van der Waals surface area contributed by atoms with Gasteiger partial charge in [0.25, 0.3) is 11.8 Å². The van der Waals surface area contributed by atoms with Gasteiger partial charge in [0.05, 0.1) is 10.2 Å². The van der Waals surface area contributed by atoms with Gasteiger partial charge in [0.2, 0.25) is 5.88 Å². The van der Waals surface area contributed by atoms with Crippen molar-refractivity contribution in [3.8, 4) is 0 Å². The van der Waals surface area contributed by atoms with Gasteiger partial charge >= 0.3 is 6.03 Å². The molecule has 2 aliphatic rings. The molecule has 0 aliphatic carbocycles. The van der Waals surface area contributed by atoms with Crippen molar-refractivity contribution < 1.29 is 18.8 Å². The number of carbonyl (C=O) groups is 3. The summed E-state index contributed by atoms with van der Waals surface area (Å²) in [5, 5.41) is 2.23. The molecule has 1 aromatic carbocycles. The Hall–Kier alpha value is -2.87. The van der Waals surface area contributed by atoms with E-state index < -0.39 is 17.8 Å². The topological polar surface area (TPSA) is 82.9 Å². The van der Waals surface area contributed by atoms with E-state index in [-0.39, 0.29) is 5.57 Å². The van der Waals surface area contributed by atoms with Gasteiger partial charge in [-0.3, -0.25) is 14.9 Å². The van der Waals surface area contributed by atoms with Gasteiger partial charge in [-0.2, -0.15) is 0 Å². The fourth-order valence-electron chi connectivity index (χ4n) is 3.48. The van der Waals surface area contributed by atoms with Gasteiger partial charge in [-0.1, -0.05) is 6.07 Å². The molecule has 29 heavy (non-hydrogen) atoms. The molecule has 0 radical (unpaired) electrons. The predicted molar refractivity (Wildman–Crippen MR) is 113 cm³/mol. The molecule has 3 heterocycles. The normalized spacial score (nSPS) is 18.7. The minimum absolute atomic E-state index is 0.156. The number of anilines is 2. The Kier molecular flexibility index (Phi) is 5.04. The zero-order chi connectivity index (χ0) is 20.7. The van der Waals surface area contributed by atoms with E-state index in [2.05, 4.69) is 26.1 Å². The van der Waals surface area contributed by atoms with Crippen LogP contribution in [-0.2, 0) is 9.59 Å². The van der Waals surface area contributed by atoms with Crippen LogP contribution in [0.15, 0.2) is 38.7 Å². The molecule has 8 heteroatoms. The van der Waals surface area contributed by atoms with Crippen molar-refractivity contribution in [2.45, 2.75) is 26.7 Å². The van der Waals surface area contributed by atoms with Crippen LogP contribution >= 0.6 is 15.9 Å². The van der Waals surface area contributed by atoms with Crippen molar-refractivity contribution in [2.75, 3.05) is 22.9 Å². The first kappa shape index (κ1) is 19.4. The minimum atomic E-state index is -0.765. The van der Waals surface area contributed by atoms with Crippen LogP contribution in [0.5, 0.6) is 0 Å². The highest BCUT2D eigenvalue weighted by Crippen LogP contribution is 2.34. The second kappa shape index (κ2) is 7.51. The number of amides is 4. The van der Waals surface area contributed by atoms with Crippen LogP contribution in [0, 0.1) is 13.8 Å². The Morgan fingerprint density at radius 1 is 1.07 bits per heavy atom. The maximum atomic E-state index is 13.0. The molecule has 0 unspecified atom stereocenters. The summed E-state index contributed by atoms with van der Waals surface area (Å²) < 4.78 is 6.63. The predicted octanol–water partition coefficient (Wildman–Crippen LogP) is 3.93. The number of rotatable bonds is 3. The molecule has 0 spiro atoms. The van der Waals surface area contributed by atoms with E-state index in [4.69, 9.17) is 4.42 Å². The summed E-state index contributed by atoms with van der Waals surface area (Å²) in [4.78, 5) is 40.8. The number of hydrogen-bond acceptors (Lipinski definition) is 5. The number of nitrogens with zero attached hydrogens (tertiary/aromatic N) is 2. The standard InChI is InChI=1S/C21H20BrN3O4/c1-12-5-6-14(9-13(12)2)25-19(27)16(18(26)23-21(25)28)10-15-11-17(22)20(29-15)24-7-3-4-8-24/h5-6,9-11H,3-4,7-8H2,1-2H3,(H,23,26,28)/b16-10+. The Morgan fingerprint density at radius 3 is 2.48 bits per heavy atom. The number of hydrogen-bond donors (Lipinski definition) is 1. The zero-order valence-corrected chi connectivity index (χ0v) is 17.7. The number of barbiturate groups is 1. The monoisotopic (exact) mass is 457 g/mol. The molecule has 7 nitrogen and oxygen atoms in total. The molecule has 1 aromatic heterocycles. The van der Waals surface area contributed by atoms with Crippen LogP contribution < -0.4 is 15.1 Å². The third-order valence-corrected chi connectivity index (χ3v) is 5.79. The summed E-state index contributed by atoms with van der Waals surface area (Å²) in [6, 6.07) is 6.21. The van der Waals surface area contributed by atoms with Gasteiger partial charge < -0.3 is 9.32 Å². The van der Waals surface area contributed by atoms with E-state index >= 15 is 0 Å². The SMILES string of the molecule is Cc1ccc(N2C(=O)NC(=O)/C(=C\c3cc(Br)c(N4CCCC4)o3)C2=O)cc1C. The molecule has 2 aliphatic heterocycles. The Morgan fingerprint density at radius 2 is 1.79 bits per heavy atom. The maximum Gasteiger partial charge on any atom is 0.335 e. The lowest BCUT2D eigenvalue weighted by atomic mass is 10.1. The summed E-state index contributed by atoms with van der Waals surface area (Å²) in [6.45, 7) is 5.64. The fourth-order valence-corrected chi connectivity index (χ4v) is 4.04. The van der Waals surface area contributed by atoms with Crippen molar-refractivity contribution in [2.24, 2.45) is 0 Å². The maximum absolute atomic E-state index is 13.0. The van der Waals surface area contributed by atoms with Crippen LogP contribution in [0.4, 0.5) is 16.4 Å². The quantitative estimate of drug-likeness (QED) is 0.557. The second-order valence-corrected chi connectivity index (χ2v) is 8.08. The number of halogens is 1. The van der Waals surface area contributed by atoms with Crippen LogP contribution in [0.25, 0.3) is 6.08 Å². The Labute approximate surface area is 176 Å². The van der Waals surface area contributed by atoms with E-state index in [9.17, 15) is 14.4 Å². The van der Waals surface area contributed by atoms with Crippen molar-refractivity contribution in [1.29, 1.82) is 0 Å². The summed E-state index contributed by atoms with van der Waals surface area (Å²) >= 11 is 3.48. The highest BCUT2D eigenvalue weighted by molar-refractivity contribution is 9.10. The number of imide groups is 2. The van der Waals surface area contributed by atoms with E-state index in [1.54, 1.807) is 18.2 Å². The molecule has 4 amide bonds. The molecule has 0 atom stereocenters. The first-order valence-corrected chi connectivity index (χ1v) is 10.2. The third kappa shape index (κ3) is 3.60. The van der Waals surface area contributed by atoms with Gasteiger partial charge in [-0.05, 0) is 72.0 Å². The highest BCUT2D eigenvalue weighted by atomic mass is 79.9. The Bertz CT molecular complexity index is 1050. The fraction of sp³-hybridized carbons (Fsp3) is 0.286. The van der Waals surface area contributed by atoms with Crippen molar-refractivity contribution in [1.82, 2.24) is 5.32 Å². The Balaban J connectivity index is 1.68. The van der Waals surface area contributed by atoms with Crippen LogP contribution in [0.2, 0.25) is 0 Å². The van der Waals surface area contributed by atoms with Gasteiger partial charge in [0, 0.05) is 19.2 Å². The summed E-state index contributed by atoms with van der Waals surface area (Å²) in [5.74, 6) is -0.376. The molecule has 150 valence electrons. The first-order valence-electron chi connectivity index (χ1n) is 9.38. The zero-order valence-electron chi connectivity index (χ0n) is 16.1. The van der Waals surface area contributed by atoms with Crippen molar-refractivity contribution in [3.05, 3.63) is 51.2 Å². The molecule has 0 bridgehead atoms. The highest BCUT2D eigenvalue weighted by Gasteiger charge is 2.37. The van der Waals surface area contributed by atoms with Crippen molar-refractivity contribution >= 4 is 51.4 Å². The minimum Gasteiger partial charge on any atom is -0.440 e. The lowest BCUT2D eigenvalue weighted by molar-refractivity contribution is -0.122. The van der Waals surface area contributed by atoms with Gasteiger partial charge in [0.1, 0.15) is 11.3 Å². The molecular formula is C21H20BrN3O4. The largest absolute Gasteiger partial charge is 0.440 e. The molecule has 2 fully saturated rings. The molecule has 0 saturated carbocycles. The van der Waals surface area contributed by atoms with E-state index in [0.717, 1.165) is 46.4 Å². The number of benzene rings is 1. The lowest BCUT2D eigenvalue weighted by Crippen LogP contribution is -2.54. The number of aryl methyl sites for hydroxylation is 2. The van der Waals surface area contributed by atoms with E-state index in [1.165, 1.54) is 6.08 Å². The average Bonchev–Trinajstić information content (AvgIpc) is 3.31. The van der Waals surface area contributed by atoms with E-state index in [1.807, 2.05) is 19.9 Å². The number of nitrogens with one attached hydrogen (secondary N) is 1. The van der Waals surface area contributed by atoms with Gasteiger partial charge in [-0.25, -0.2) is 9.69 Å². The number of carbonyl (C=O) groups excluding carboxylic acids is 3. The van der Waals surface area contributed by atoms with E-state index in [0.29, 0.717) is 17.3 Å². The molecular weight excluding hydrogens is 438 g/mol. The molecule has 1 N–H and O–H groups in total.